The topological polar surface area (TPSA) is 112 Å². The second-order valence-electron chi connectivity index (χ2n) is 6.80. The van der Waals surface area contributed by atoms with Gasteiger partial charge in [-0.15, -0.1) is 0 Å². The molecule has 1 aliphatic rings. The second kappa shape index (κ2) is 6.81. The molecule has 2 aromatic rings. The van der Waals surface area contributed by atoms with E-state index in [0.29, 0.717) is 5.56 Å². The number of aliphatic hydroxyl groups is 1. The van der Waals surface area contributed by atoms with E-state index in [-0.39, 0.29) is 16.3 Å². The van der Waals surface area contributed by atoms with Crippen molar-refractivity contribution >= 4 is 25.5 Å². The van der Waals surface area contributed by atoms with Crippen molar-refractivity contribution in [3.05, 3.63) is 53.6 Å². The number of phenols is 1. The molecule has 1 saturated heterocycles. The Morgan fingerprint density at radius 2 is 1.78 bits per heavy atom. The van der Waals surface area contributed by atoms with Crippen molar-refractivity contribution < 1.29 is 27.0 Å². The van der Waals surface area contributed by atoms with Crippen LogP contribution in [0.4, 0.5) is 5.69 Å². The summed E-state index contributed by atoms with van der Waals surface area (Å²) in [6, 6.07) is 9.32. The van der Waals surface area contributed by atoms with E-state index in [1.165, 1.54) is 30.3 Å². The number of aryl methyl sites for hydroxylation is 2. The first kappa shape index (κ1) is 19.7. The molecule has 0 aromatic heterocycles. The van der Waals surface area contributed by atoms with Gasteiger partial charge < -0.3 is 10.2 Å². The predicted molar refractivity (Wildman–Crippen MR) is 102 cm³/mol. The number of aromatic hydroxyl groups is 1. The highest BCUT2D eigenvalue weighted by molar-refractivity contribution is 7.93. The smallest absolute Gasteiger partial charge is 0.264 e. The molecule has 0 saturated carbocycles. The molecule has 0 aliphatic carbocycles. The molecule has 7 nitrogen and oxygen atoms in total. The minimum atomic E-state index is -4.19. The fourth-order valence-electron chi connectivity index (χ4n) is 3.26. The Morgan fingerprint density at radius 3 is 2.37 bits per heavy atom. The van der Waals surface area contributed by atoms with Crippen LogP contribution in [0.15, 0.2) is 47.4 Å². The van der Waals surface area contributed by atoms with E-state index in [1.54, 1.807) is 26.0 Å². The maximum atomic E-state index is 13.5. The number of sulfone groups is 1. The van der Waals surface area contributed by atoms with Crippen molar-refractivity contribution in [1.82, 2.24) is 0 Å². The molecule has 0 radical (unpaired) electrons. The van der Waals surface area contributed by atoms with Crippen LogP contribution >= 0.6 is 0 Å². The van der Waals surface area contributed by atoms with Crippen molar-refractivity contribution in [2.45, 2.75) is 30.9 Å². The number of nitrogens with zero attached hydrogens (tertiary/aromatic N) is 1. The zero-order valence-electron chi connectivity index (χ0n) is 14.9. The number of phenolic OH excluding ortho intramolecular Hbond substituents is 1. The van der Waals surface area contributed by atoms with Crippen molar-refractivity contribution in [2.75, 3.05) is 15.8 Å². The summed E-state index contributed by atoms with van der Waals surface area (Å²) in [5.41, 5.74) is 1.33. The Kier molecular flexibility index (Phi) is 4.96. The van der Waals surface area contributed by atoms with Gasteiger partial charge in [-0.25, -0.2) is 16.8 Å². The molecular weight excluding hydrogens is 390 g/mol. The zero-order chi connectivity index (χ0) is 20.0. The summed E-state index contributed by atoms with van der Waals surface area (Å²) < 4.78 is 51.9. The summed E-state index contributed by atoms with van der Waals surface area (Å²) in [6.45, 7) is 3.40. The van der Waals surface area contributed by atoms with Gasteiger partial charge in [-0.1, -0.05) is 18.2 Å². The third-order valence-electron chi connectivity index (χ3n) is 4.56. The Bertz CT molecular complexity index is 1080. The Morgan fingerprint density at radius 1 is 1.07 bits per heavy atom. The molecule has 1 aliphatic heterocycles. The fraction of sp³-hybridized carbons (Fsp3) is 0.333. The first-order valence-corrected chi connectivity index (χ1v) is 11.6. The van der Waals surface area contributed by atoms with Gasteiger partial charge in [0.05, 0.1) is 34.2 Å². The Hall–Kier alpha value is -2.10. The van der Waals surface area contributed by atoms with E-state index in [1.807, 2.05) is 0 Å². The minimum Gasteiger partial charge on any atom is -0.508 e. The number of hydrogen-bond acceptors (Lipinski definition) is 6. The number of aliphatic hydroxyl groups excluding tert-OH is 1. The predicted octanol–water partition coefficient (Wildman–Crippen LogP) is 1.36. The van der Waals surface area contributed by atoms with Crippen LogP contribution in [0.2, 0.25) is 0 Å². The molecule has 0 amide bonds. The van der Waals surface area contributed by atoms with Gasteiger partial charge in [-0.2, -0.15) is 0 Å². The monoisotopic (exact) mass is 411 g/mol. The van der Waals surface area contributed by atoms with Crippen molar-refractivity contribution in [1.29, 1.82) is 0 Å². The van der Waals surface area contributed by atoms with Crippen molar-refractivity contribution in [3.63, 3.8) is 0 Å². The fourth-order valence-corrected chi connectivity index (χ4v) is 7.11. The van der Waals surface area contributed by atoms with E-state index in [4.69, 9.17) is 0 Å². The largest absolute Gasteiger partial charge is 0.508 e. The lowest BCUT2D eigenvalue weighted by atomic mass is 10.2. The molecule has 146 valence electrons. The van der Waals surface area contributed by atoms with Gasteiger partial charge in [-0.3, -0.25) is 4.31 Å². The van der Waals surface area contributed by atoms with Crippen LogP contribution in [-0.2, 0) is 19.9 Å². The quantitative estimate of drug-likeness (QED) is 0.786. The normalized spacial score (nSPS) is 21.9. The number of rotatable bonds is 4. The van der Waals surface area contributed by atoms with Crippen LogP contribution in [0.5, 0.6) is 5.75 Å². The number of hydrogen-bond donors (Lipinski definition) is 2. The lowest BCUT2D eigenvalue weighted by Gasteiger charge is -2.32. The van der Waals surface area contributed by atoms with Crippen LogP contribution in [0.1, 0.15) is 11.1 Å². The highest BCUT2D eigenvalue weighted by Crippen LogP contribution is 2.33. The molecule has 1 heterocycles. The van der Waals surface area contributed by atoms with E-state index in [9.17, 15) is 27.0 Å². The van der Waals surface area contributed by atoms with Gasteiger partial charge in [0.25, 0.3) is 10.0 Å². The minimum absolute atomic E-state index is 0.0299. The number of sulfonamides is 1. The maximum Gasteiger partial charge on any atom is 0.264 e. The standard InChI is InChI=1S/C18H21NO6S2/c1-12-6-7-13(2)18(8-12)27(24,25)19(14-4-3-5-15(20)9-14)16-10-26(22,23)11-17(16)21/h3-9,16-17,20-21H,10-11H2,1-2H3/t16-,17-/m0/s1. The van der Waals surface area contributed by atoms with Crippen molar-refractivity contribution in [3.8, 4) is 5.75 Å². The SMILES string of the molecule is Cc1ccc(C)c(S(=O)(=O)N(c2cccc(O)c2)[C@H]2CS(=O)(=O)C[C@@H]2O)c1. The highest BCUT2D eigenvalue weighted by atomic mass is 32.2. The van der Waals surface area contributed by atoms with Crippen LogP contribution in [0.25, 0.3) is 0 Å². The van der Waals surface area contributed by atoms with E-state index in [2.05, 4.69) is 0 Å². The van der Waals surface area contributed by atoms with Gasteiger partial charge in [0.1, 0.15) is 5.75 Å². The maximum absolute atomic E-state index is 13.5. The van der Waals surface area contributed by atoms with Gasteiger partial charge in [0.2, 0.25) is 0 Å². The van der Waals surface area contributed by atoms with E-state index in [0.717, 1.165) is 9.87 Å². The molecule has 2 atom stereocenters. The van der Waals surface area contributed by atoms with Gasteiger partial charge in [0.15, 0.2) is 9.84 Å². The van der Waals surface area contributed by atoms with Crippen LogP contribution in [0, 0.1) is 13.8 Å². The average Bonchev–Trinajstić information content (AvgIpc) is 2.82. The van der Waals surface area contributed by atoms with Crippen LogP contribution in [-0.4, -0.2) is 50.7 Å². The summed E-state index contributed by atoms with van der Waals surface area (Å²) in [7, 11) is -7.78. The van der Waals surface area contributed by atoms with Gasteiger partial charge in [-0.05, 0) is 43.2 Å². The Balaban J connectivity index is 2.22. The lowest BCUT2D eigenvalue weighted by molar-refractivity contribution is 0.184. The zero-order valence-corrected chi connectivity index (χ0v) is 16.5. The molecular formula is C18H21NO6S2. The molecule has 0 unspecified atom stereocenters. The van der Waals surface area contributed by atoms with Gasteiger partial charge >= 0.3 is 0 Å². The van der Waals surface area contributed by atoms with Crippen LogP contribution in [0.3, 0.4) is 0 Å². The van der Waals surface area contributed by atoms with Crippen molar-refractivity contribution in [2.24, 2.45) is 0 Å². The van der Waals surface area contributed by atoms with Crippen LogP contribution < -0.4 is 4.31 Å². The molecule has 2 aromatic carbocycles. The van der Waals surface area contributed by atoms with Gasteiger partial charge in [0, 0.05) is 6.07 Å². The molecule has 9 heteroatoms. The molecule has 27 heavy (non-hydrogen) atoms. The summed E-state index contributed by atoms with van der Waals surface area (Å²) in [5, 5.41) is 20.1. The molecule has 2 N–H and O–H groups in total. The Labute approximate surface area is 158 Å². The molecule has 3 rings (SSSR count). The third kappa shape index (κ3) is 3.80. The van der Waals surface area contributed by atoms with E-state index < -0.39 is 43.5 Å². The first-order valence-electron chi connectivity index (χ1n) is 8.30. The summed E-state index contributed by atoms with van der Waals surface area (Å²) in [5.74, 6) is -1.16. The average molecular weight is 412 g/mol. The summed E-state index contributed by atoms with van der Waals surface area (Å²) in [6.07, 6.45) is -1.36. The highest BCUT2D eigenvalue weighted by Gasteiger charge is 2.45. The van der Waals surface area contributed by atoms with E-state index >= 15 is 0 Å². The number of benzene rings is 2. The molecule has 1 fully saturated rings. The summed E-state index contributed by atoms with van der Waals surface area (Å²) in [4.78, 5) is 0.0299. The molecule has 0 bridgehead atoms. The molecule has 0 spiro atoms. The summed E-state index contributed by atoms with van der Waals surface area (Å²) >= 11 is 0. The number of anilines is 1. The third-order valence-corrected chi connectivity index (χ3v) is 8.25. The lowest BCUT2D eigenvalue weighted by Crippen LogP contribution is -2.47. The second-order valence-corrected chi connectivity index (χ2v) is 10.7. The first-order chi connectivity index (χ1) is 12.5.